The first kappa shape index (κ1) is 11.0. The minimum atomic E-state index is -0.291. The highest BCUT2D eigenvalue weighted by Crippen LogP contribution is 2.28. The van der Waals surface area contributed by atoms with Crippen molar-refractivity contribution in [1.29, 1.82) is 0 Å². The molecule has 1 aromatic rings. The van der Waals surface area contributed by atoms with Gasteiger partial charge in [-0.25, -0.2) is 0 Å². The molecule has 16 heavy (non-hydrogen) atoms. The molecular formula is C12H15NO3. The summed E-state index contributed by atoms with van der Waals surface area (Å²) in [6.45, 7) is 4.51. The molecule has 0 amide bonds. The van der Waals surface area contributed by atoms with E-state index < -0.39 is 0 Å². The summed E-state index contributed by atoms with van der Waals surface area (Å²) >= 11 is 0. The normalized spacial score (nSPS) is 15.9. The van der Waals surface area contributed by atoms with Gasteiger partial charge in [0.2, 0.25) is 0 Å². The van der Waals surface area contributed by atoms with E-state index in [0.29, 0.717) is 19.0 Å². The van der Waals surface area contributed by atoms with Gasteiger partial charge in [0, 0.05) is 20.0 Å². The molecule has 0 atom stereocenters. The summed E-state index contributed by atoms with van der Waals surface area (Å²) in [5.41, 5.74) is 0.959. The van der Waals surface area contributed by atoms with E-state index in [2.05, 4.69) is 4.90 Å². The van der Waals surface area contributed by atoms with Crippen molar-refractivity contribution in [3.63, 3.8) is 0 Å². The van der Waals surface area contributed by atoms with Crippen LogP contribution >= 0.6 is 0 Å². The van der Waals surface area contributed by atoms with Crippen molar-refractivity contribution in [2.45, 2.75) is 6.92 Å². The largest absolute Gasteiger partial charge is 0.425 e. The van der Waals surface area contributed by atoms with Gasteiger partial charge in [0.05, 0.1) is 18.9 Å². The molecule has 1 heterocycles. The topological polar surface area (TPSA) is 38.8 Å². The quantitative estimate of drug-likeness (QED) is 0.559. The Labute approximate surface area is 94.8 Å². The third kappa shape index (κ3) is 2.52. The zero-order valence-corrected chi connectivity index (χ0v) is 9.31. The fourth-order valence-electron chi connectivity index (χ4n) is 1.76. The van der Waals surface area contributed by atoms with Crippen LogP contribution in [0.15, 0.2) is 24.3 Å². The summed E-state index contributed by atoms with van der Waals surface area (Å²) < 4.78 is 10.5. The van der Waals surface area contributed by atoms with E-state index in [1.165, 1.54) is 6.92 Å². The van der Waals surface area contributed by atoms with Crippen molar-refractivity contribution in [3.05, 3.63) is 24.3 Å². The first-order valence-corrected chi connectivity index (χ1v) is 5.37. The number of esters is 1. The standard InChI is InChI=1S/C12H15NO3/c1-10(14)16-12-5-3-2-4-11(12)13-6-8-15-9-7-13/h2-5H,6-9H2,1H3. The van der Waals surface area contributed by atoms with E-state index in [9.17, 15) is 4.79 Å². The van der Waals surface area contributed by atoms with Crippen molar-refractivity contribution in [1.82, 2.24) is 0 Å². The maximum Gasteiger partial charge on any atom is 0.308 e. The highest BCUT2D eigenvalue weighted by Gasteiger charge is 2.15. The van der Waals surface area contributed by atoms with E-state index in [1.807, 2.05) is 24.3 Å². The lowest BCUT2D eigenvalue weighted by molar-refractivity contribution is -0.131. The molecule has 0 unspecified atom stereocenters. The zero-order chi connectivity index (χ0) is 11.4. The minimum absolute atomic E-state index is 0.291. The Morgan fingerprint density at radius 2 is 2.00 bits per heavy atom. The SMILES string of the molecule is CC(=O)Oc1ccccc1N1CCOCC1. The Morgan fingerprint density at radius 1 is 1.31 bits per heavy atom. The number of para-hydroxylation sites is 2. The first-order valence-electron chi connectivity index (χ1n) is 5.37. The number of hydrogen-bond acceptors (Lipinski definition) is 4. The fourth-order valence-corrected chi connectivity index (χ4v) is 1.76. The van der Waals surface area contributed by atoms with Crippen LogP contribution in [0.5, 0.6) is 5.75 Å². The van der Waals surface area contributed by atoms with Crippen molar-refractivity contribution >= 4 is 11.7 Å². The van der Waals surface area contributed by atoms with Crippen LogP contribution in [-0.2, 0) is 9.53 Å². The molecule has 1 aliphatic rings. The van der Waals surface area contributed by atoms with Crippen LogP contribution < -0.4 is 9.64 Å². The number of benzene rings is 1. The molecule has 1 fully saturated rings. The lowest BCUT2D eigenvalue weighted by Crippen LogP contribution is -2.36. The average molecular weight is 221 g/mol. The third-order valence-corrected chi connectivity index (χ3v) is 2.47. The summed E-state index contributed by atoms with van der Waals surface area (Å²) in [6.07, 6.45) is 0. The highest BCUT2D eigenvalue weighted by molar-refractivity contribution is 5.73. The Hall–Kier alpha value is -1.55. The smallest absolute Gasteiger partial charge is 0.308 e. The minimum Gasteiger partial charge on any atom is -0.425 e. The number of rotatable bonds is 2. The van der Waals surface area contributed by atoms with Crippen molar-refractivity contribution in [2.24, 2.45) is 0 Å². The summed E-state index contributed by atoms with van der Waals surface area (Å²) in [5.74, 6) is 0.331. The number of hydrogen-bond donors (Lipinski definition) is 0. The van der Waals surface area contributed by atoms with Crippen molar-refractivity contribution in [2.75, 3.05) is 31.2 Å². The van der Waals surface area contributed by atoms with Gasteiger partial charge in [-0.15, -0.1) is 0 Å². The maximum atomic E-state index is 11.0. The van der Waals surface area contributed by atoms with Crippen molar-refractivity contribution < 1.29 is 14.3 Å². The highest BCUT2D eigenvalue weighted by atomic mass is 16.5. The first-order chi connectivity index (χ1) is 7.77. The number of nitrogens with zero attached hydrogens (tertiary/aromatic N) is 1. The van der Waals surface area contributed by atoms with Crippen LogP contribution in [0, 0.1) is 0 Å². The van der Waals surface area contributed by atoms with Crippen LogP contribution in [0.1, 0.15) is 6.92 Å². The van der Waals surface area contributed by atoms with Crippen LogP contribution in [0.4, 0.5) is 5.69 Å². The van der Waals surface area contributed by atoms with Gasteiger partial charge < -0.3 is 14.4 Å². The average Bonchev–Trinajstić information content (AvgIpc) is 2.30. The lowest BCUT2D eigenvalue weighted by Gasteiger charge is -2.29. The molecule has 86 valence electrons. The molecule has 1 aliphatic heterocycles. The van der Waals surface area contributed by atoms with Crippen LogP contribution in [0.25, 0.3) is 0 Å². The van der Waals surface area contributed by atoms with Gasteiger partial charge in [-0.1, -0.05) is 12.1 Å². The molecule has 1 aromatic carbocycles. The number of anilines is 1. The molecule has 4 heteroatoms. The van der Waals surface area contributed by atoms with Crippen molar-refractivity contribution in [3.8, 4) is 5.75 Å². The van der Waals surface area contributed by atoms with E-state index in [1.54, 1.807) is 0 Å². The van der Waals surface area contributed by atoms with Gasteiger partial charge in [0.1, 0.15) is 0 Å². The molecule has 0 N–H and O–H groups in total. The molecule has 0 spiro atoms. The molecule has 0 aromatic heterocycles. The summed E-state index contributed by atoms with van der Waals surface area (Å²) in [6, 6.07) is 7.58. The zero-order valence-electron chi connectivity index (χ0n) is 9.31. The molecule has 0 saturated carbocycles. The van der Waals surface area contributed by atoms with E-state index in [4.69, 9.17) is 9.47 Å². The van der Waals surface area contributed by atoms with E-state index in [0.717, 1.165) is 18.8 Å². The predicted octanol–water partition coefficient (Wildman–Crippen LogP) is 1.45. The molecule has 0 radical (unpaired) electrons. The number of morpholine rings is 1. The van der Waals surface area contributed by atoms with Crippen LogP contribution in [0.2, 0.25) is 0 Å². The third-order valence-electron chi connectivity index (χ3n) is 2.47. The number of carbonyl (C=O) groups is 1. The van der Waals surface area contributed by atoms with Gasteiger partial charge in [0.15, 0.2) is 5.75 Å². The van der Waals surface area contributed by atoms with Gasteiger partial charge in [-0.2, -0.15) is 0 Å². The van der Waals surface area contributed by atoms with Crippen LogP contribution in [-0.4, -0.2) is 32.3 Å². The predicted molar refractivity (Wildman–Crippen MR) is 60.8 cm³/mol. The molecule has 2 rings (SSSR count). The Morgan fingerprint density at radius 3 is 2.69 bits per heavy atom. The monoisotopic (exact) mass is 221 g/mol. The fraction of sp³-hybridized carbons (Fsp3) is 0.417. The number of ether oxygens (including phenoxy) is 2. The lowest BCUT2D eigenvalue weighted by atomic mass is 10.2. The summed E-state index contributed by atoms with van der Waals surface area (Å²) in [4.78, 5) is 13.2. The Kier molecular flexibility index (Phi) is 3.41. The molecule has 4 nitrogen and oxygen atoms in total. The maximum absolute atomic E-state index is 11.0. The van der Waals surface area contributed by atoms with Gasteiger partial charge in [0.25, 0.3) is 0 Å². The van der Waals surface area contributed by atoms with E-state index in [-0.39, 0.29) is 5.97 Å². The summed E-state index contributed by atoms with van der Waals surface area (Å²) in [7, 11) is 0. The molecule has 0 aliphatic carbocycles. The second-order valence-electron chi connectivity index (χ2n) is 3.66. The van der Waals surface area contributed by atoms with Gasteiger partial charge in [-0.3, -0.25) is 4.79 Å². The molecular weight excluding hydrogens is 206 g/mol. The van der Waals surface area contributed by atoms with Crippen LogP contribution in [0.3, 0.4) is 0 Å². The van der Waals surface area contributed by atoms with Gasteiger partial charge >= 0.3 is 5.97 Å². The molecule has 0 bridgehead atoms. The Bertz CT molecular complexity index is 372. The second-order valence-corrected chi connectivity index (χ2v) is 3.66. The number of carbonyl (C=O) groups excluding carboxylic acids is 1. The van der Waals surface area contributed by atoms with E-state index >= 15 is 0 Å². The van der Waals surface area contributed by atoms with Gasteiger partial charge in [-0.05, 0) is 12.1 Å². The molecule has 1 saturated heterocycles. The second kappa shape index (κ2) is 4.99. The Balaban J connectivity index is 2.20. The summed E-state index contributed by atoms with van der Waals surface area (Å²) in [5, 5.41) is 0.